The molecule has 5 heteroatoms. The molecule has 0 saturated carbocycles. The third-order valence-electron chi connectivity index (χ3n) is 3.07. The Morgan fingerprint density at radius 3 is 2.37 bits per heavy atom. The Balaban J connectivity index is 2.11. The second kappa shape index (κ2) is 4.28. The average molecular weight is 282 g/mol. The Hall–Kier alpha value is -1.46. The van der Waals surface area contributed by atoms with E-state index in [4.69, 9.17) is 0 Å². The van der Waals surface area contributed by atoms with Gasteiger partial charge in [0.1, 0.15) is 6.10 Å². The van der Waals surface area contributed by atoms with Gasteiger partial charge < -0.3 is 5.11 Å². The quantitative estimate of drug-likeness (QED) is 0.779. The van der Waals surface area contributed by atoms with Gasteiger partial charge in [0.25, 0.3) is 0 Å². The van der Waals surface area contributed by atoms with E-state index >= 15 is 0 Å². The molecule has 0 fully saturated rings. The predicted molar refractivity (Wildman–Crippen MR) is 66.1 cm³/mol. The van der Waals surface area contributed by atoms with Crippen LogP contribution < -0.4 is 0 Å². The van der Waals surface area contributed by atoms with Crippen LogP contribution in [0.15, 0.2) is 52.3 Å². The van der Waals surface area contributed by atoms with Crippen LogP contribution in [0.5, 0.6) is 0 Å². The number of rotatable bonds is 0. The van der Waals surface area contributed by atoms with Gasteiger partial charge in [-0.2, -0.15) is 13.2 Å². The van der Waals surface area contributed by atoms with Crippen molar-refractivity contribution in [3.63, 3.8) is 0 Å². The number of aliphatic hydroxyl groups excluding tert-OH is 1. The van der Waals surface area contributed by atoms with Crippen molar-refractivity contribution in [2.24, 2.45) is 0 Å². The summed E-state index contributed by atoms with van der Waals surface area (Å²) in [5, 5.41) is 10.2. The van der Waals surface area contributed by atoms with Crippen molar-refractivity contribution in [3.05, 3.63) is 59.2 Å². The molecule has 3 rings (SSSR count). The first-order valence-corrected chi connectivity index (χ1v) is 6.44. The number of halogens is 3. The van der Waals surface area contributed by atoms with E-state index in [9.17, 15) is 18.3 Å². The summed E-state index contributed by atoms with van der Waals surface area (Å²) in [4.78, 5) is 1.54. The molecule has 1 atom stereocenters. The highest BCUT2D eigenvalue weighted by atomic mass is 32.2. The molecule has 1 nitrogen and oxygen atoms in total. The summed E-state index contributed by atoms with van der Waals surface area (Å²) in [5.74, 6) is 0. The minimum absolute atomic E-state index is 0.318. The van der Waals surface area contributed by atoms with Crippen LogP contribution in [0.25, 0.3) is 0 Å². The monoisotopic (exact) mass is 282 g/mol. The molecule has 19 heavy (non-hydrogen) atoms. The number of hydrogen-bond donors (Lipinski definition) is 1. The maximum atomic E-state index is 12.7. The van der Waals surface area contributed by atoms with Gasteiger partial charge in [-0.15, -0.1) is 0 Å². The van der Waals surface area contributed by atoms with Crippen LogP contribution in [0, 0.1) is 0 Å². The van der Waals surface area contributed by atoms with Crippen LogP contribution in [0.2, 0.25) is 0 Å². The number of hydrogen-bond acceptors (Lipinski definition) is 2. The van der Waals surface area contributed by atoms with E-state index in [2.05, 4.69) is 0 Å². The Morgan fingerprint density at radius 2 is 1.63 bits per heavy atom. The van der Waals surface area contributed by atoms with Crippen molar-refractivity contribution in [2.75, 3.05) is 0 Å². The molecule has 2 aromatic rings. The van der Waals surface area contributed by atoms with Gasteiger partial charge in [-0.05, 0) is 35.4 Å². The molecule has 0 spiro atoms. The zero-order valence-electron chi connectivity index (χ0n) is 9.61. The standard InChI is InChI=1S/C14H9F3OS/c15-14(16,17)8-5-6-12-10(7-8)13(18)9-3-1-2-4-11(9)19-12/h1-7,13,18H. The topological polar surface area (TPSA) is 20.2 Å². The normalized spacial score (nSPS) is 17.8. The van der Waals surface area contributed by atoms with Crippen LogP contribution in [-0.2, 0) is 6.18 Å². The molecule has 98 valence electrons. The lowest BCUT2D eigenvalue weighted by Gasteiger charge is -2.24. The van der Waals surface area contributed by atoms with Crippen LogP contribution >= 0.6 is 11.8 Å². The zero-order chi connectivity index (χ0) is 13.6. The second-order valence-electron chi connectivity index (χ2n) is 4.29. The number of alkyl halides is 3. The van der Waals surface area contributed by atoms with Crippen molar-refractivity contribution < 1.29 is 18.3 Å². The Kier molecular flexibility index (Phi) is 2.83. The van der Waals surface area contributed by atoms with Gasteiger partial charge >= 0.3 is 6.18 Å². The van der Waals surface area contributed by atoms with E-state index in [0.29, 0.717) is 16.0 Å². The van der Waals surface area contributed by atoms with E-state index in [-0.39, 0.29) is 0 Å². The summed E-state index contributed by atoms with van der Waals surface area (Å²) in [6.07, 6.45) is -5.40. The summed E-state index contributed by atoms with van der Waals surface area (Å²) in [5.41, 5.74) is 0.239. The lowest BCUT2D eigenvalue weighted by Crippen LogP contribution is -2.11. The Labute approximate surface area is 112 Å². The molecule has 1 unspecified atom stereocenters. The molecule has 0 aliphatic carbocycles. The molecule has 1 aliphatic heterocycles. The van der Waals surface area contributed by atoms with Gasteiger partial charge in [-0.25, -0.2) is 0 Å². The summed E-state index contributed by atoms with van der Waals surface area (Å²) in [6, 6.07) is 10.7. The second-order valence-corrected chi connectivity index (χ2v) is 5.38. The van der Waals surface area contributed by atoms with Crippen LogP contribution in [-0.4, -0.2) is 5.11 Å². The third kappa shape index (κ3) is 2.13. The minimum atomic E-state index is -4.39. The van der Waals surface area contributed by atoms with E-state index in [1.165, 1.54) is 17.8 Å². The highest BCUT2D eigenvalue weighted by Gasteiger charge is 2.33. The fourth-order valence-electron chi connectivity index (χ4n) is 2.12. The molecule has 2 aromatic carbocycles. The summed E-state index contributed by atoms with van der Waals surface area (Å²) in [6.45, 7) is 0. The Morgan fingerprint density at radius 1 is 0.947 bits per heavy atom. The molecule has 0 bridgehead atoms. The van der Waals surface area contributed by atoms with Crippen molar-refractivity contribution >= 4 is 11.8 Å². The molecule has 1 N–H and O–H groups in total. The van der Waals surface area contributed by atoms with Gasteiger partial charge in [0.2, 0.25) is 0 Å². The molecule has 1 aliphatic rings. The van der Waals surface area contributed by atoms with Crippen LogP contribution in [0.4, 0.5) is 13.2 Å². The fraction of sp³-hybridized carbons (Fsp3) is 0.143. The van der Waals surface area contributed by atoms with Crippen molar-refractivity contribution in [2.45, 2.75) is 22.1 Å². The van der Waals surface area contributed by atoms with Gasteiger partial charge in [0.05, 0.1) is 5.56 Å². The largest absolute Gasteiger partial charge is 0.416 e. The average Bonchev–Trinajstić information content (AvgIpc) is 2.37. The van der Waals surface area contributed by atoms with E-state index in [1.807, 2.05) is 12.1 Å². The maximum absolute atomic E-state index is 12.7. The Bertz CT molecular complexity index is 637. The fourth-order valence-corrected chi connectivity index (χ4v) is 3.22. The summed E-state index contributed by atoms with van der Waals surface area (Å²) < 4.78 is 38.1. The zero-order valence-corrected chi connectivity index (χ0v) is 10.4. The van der Waals surface area contributed by atoms with Gasteiger partial charge in [-0.1, -0.05) is 30.0 Å². The predicted octanol–water partition coefficient (Wildman–Crippen LogP) is 4.25. The maximum Gasteiger partial charge on any atom is 0.416 e. The first-order chi connectivity index (χ1) is 8.97. The van der Waals surface area contributed by atoms with Gasteiger partial charge in [-0.3, -0.25) is 0 Å². The third-order valence-corrected chi connectivity index (χ3v) is 4.25. The van der Waals surface area contributed by atoms with Crippen molar-refractivity contribution in [1.29, 1.82) is 0 Å². The van der Waals surface area contributed by atoms with E-state index in [1.54, 1.807) is 12.1 Å². The highest BCUT2D eigenvalue weighted by Crippen LogP contribution is 2.46. The number of benzene rings is 2. The van der Waals surface area contributed by atoms with Crippen molar-refractivity contribution in [1.82, 2.24) is 0 Å². The first-order valence-electron chi connectivity index (χ1n) is 5.63. The summed E-state index contributed by atoms with van der Waals surface area (Å²) >= 11 is 1.38. The molecule has 0 amide bonds. The molecular weight excluding hydrogens is 273 g/mol. The van der Waals surface area contributed by atoms with E-state index in [0.717, 1.165) is 17.0 Å². The van der Waals surface area contributed by atoms with Crippen molar-refractivity contribution in [3.8, 4) is 0 Å². The van der Waals surface area contributed by atoms with Crippen LogP contribution in [0.1, 0.15) is 22.8 Å². The molecule has 0 aromatic heterocycles. The highest BCUT2D eigenvalue weighted by molar-refractivity contribution is 7.99. The lowest BCUT2D eigenvalue weighted by molar-refractivity contribution is -0.137. The van der Waals surface area contributed by atoms with Gasteiger partial charge in [0, 0.05) is 9.79 Å². The molecule has 1 heterocycles. The number of aliphatic hydroxyl groups is 1. The minimum Gasteiger partial charge on any atom is -0.384 e. The molecular formula is C14H9F3OS. The smallest absolute Gasteiger partial charge is 0.384 e. The molecule has 0 saturated heterocycles. The SMILES string of the molecule is OC1c2ccccc2Sc2ccc(C(F)(F)F)cc21. The molecule has 0 radical (unpaired) electrons. The summed E-state index contributed by atoms with van der Waals surface area (Å²) in [7, 11) is 0. The number of fused-ring (bicyclic) bond motifs is 2. The van der Waals surface area contributed by atoms with E-state index < -0.39 is 17.8 Å². The van der Waals surface area contributed by atoms with Gasteiger partial charge in [0.15, 0.2) is 0 Å². The van der Waals surface area contributed by atoms with Crippen LogP contribution in [0.3, 0.4) is 0 Å². The lowest BCUT2D eigenvalue weighted by atomic mass is 9.99. The first kappa shape index (κ1) is 12.6.